The van der Waals surface area contributed by atoms with Gasteiger partial charge in [0.2, 0.25) is 0 Å². The van der Waals surface area contributed by atoms with E-state index in [0.717, 1.165) is 25.7 Å². The molecule has 1 fully saturated rings. The zero-order valence-corrected chi connectivity index (χ0v) is 18.5. The molecule has 0 aromatic heterocycles. The minimum atomic E-state index is -0.605. The van der Waals surface area contributed by atoms with Crippen LogP contribution in [0, 0.1) is 0 Å². The van der Waals surface area contributed by atoms with Crippen LogP contribution in [0.3, 0.4) is 0 Å². The van der Waals surface area contributed by atoms with Gasteiger partial charge in [0.25, 0.3) is 5.91 Å². The summed E-state index contributed by atoms with van der Waals surface area (Å²) in [6, 6.07) is 12.0. The predicted octanol–water partition coefficient (Wildman–Crippen LogP) is 5.62. The van der Waals surface area contributed by atoms with Crippen LogP contribution < -0.4 is 20.1 Å². The first-order valence-electron chi connectivity index (χ1n) is 10.5. The van der Waals surface area contributed by atoms with Gasteiger partial charge in [-0.3, -0.25) is 10.1 Å². The van der Waals surface area contributed by atoms with E-state index in [1.807, 2.05) is 0 Å². The van der Waals surface area contributed by atoms with Gasteiger partial charge in [-0.05, 0) is 76.8 Å². The molecule has 2 N–H and O–H groups in total. The molecule has 0 bridgehead atoms. The number of carbonyl (C=O) groups excluding carboxylic acids is 2. The van der Waals surface area contributed by atoms with Crippen molar-refractivity contribution in [2.24, 2.45) is 0 Å². The van der Waals surface area contributed by atoms with Crippen LogP contribution in [0.25, 0.3) is 0 Å². The predicted molar refractivity (Wildman–Crippen MR) is 120 cm³/mol. The number of ether oxygens (including phenoxy) is 3. The number of amides is 2. The third-order valence-corrected chi connectivity index (χ3v) is 4.79. The number of carbonyl (C=O) groups is 2. The molecule has 2 amide bonds. The molecule has 0 aliphatic heterocycles. The van der Waals surface area contributed by atoms with E-state index in [9.17, 15) is 9.59 Å². The molecule has 2 aromatic carbocycles. The van der Waals surface area contributed by atoms with Crippen molar-refractivity contribution in [1.29, 1.82) is 0 Å². The Balaban J connectivity index is 1.69. The van der Waals surface area contributed by atoms with Crippen molar-refractivity contribution in [3.05, 3.63) is 48.0 Å². The normalized spacial score (nSPS) is 14.1. The molecule has 0 atom stereocenters. The van der Waals surface area contributed by atoms with E-state index >= 15 is 0 Å². The van der Waals surface area contributed by atoms with Crippen molar-refractivity contribution in [1.82, 2.24) is 0 Å². The summed E-state index contributed by atoms with van der Waals surface area (Å²) in [7, 11) is 1.60. The molecule has 0 spiro atoms. The fourth-order valence-electron chi connectivity index (χ4n) is 3.40. The summed E-state index contributed by atoms with van der Waals surface area (Å²) in [6.45, 7) is 5.36. The second-order valence-electron chi connectivity index (χ2n) is 8.55. The van der Waals surface area contributed by atoms with Gasteiger partial charge in [0.1, 0.15) is 5.60 Å². The van der Waals surface area contributed by atoms with Crippen molar-refractivity contribution in [2.45, 2.75) is 58.2 Å². The van der Waals surface area contributed by atoms with Crippen molar-refractivity contribution in [3.8, 4) is 11.5 Å². The number of rotatable bonds is 6. The lowest BCUT2D eigenvalue weighted by atomic mass is 10.1. The average Bonchev–Trinajstić information content (AvgIpc) is 3.20. The molecule has 1 aliphatic carbocycles. The second-order valence-corrected chi connectivity index (χ2v) is 8.55. The first-order chi connectivity index (χ1) is 14.7. The van der Waals surface area contributed by atoms with E-state index in [1.165, 1.54) is 0 Å². The van der Waals surface area contributed by atoms with Gasteiger partial charge in [-0.1, -0.05) is 6.07 Å². The molecule has 0 heterocycles. The molecule has 1 aliphatic rings. The van der Waals surface area contributed by atoms with Crippen LogP contribution in [0.5, 0.6) is 11.5 Å². The standard InChI is InChI=1S/C24H30N2O5/c1-24(2,3)31-23(28)26-17-9-7-8-16(14-17)22(27)25-18-12-13-20(29-4)21(15-18)30-19-10-5-6-11-19/h7-9,12-15,19H,5-6,10-11H2,1-4H3,(H,25,27)(H,26,28). The van der Waals surface area contributed by atoms with Gasteiger partial charge in [-0.15, -0.1) is 0 Å². The highest BCUT2D eigenvalue weighted by Gasteiger charge is 2.19. The second kappa shape index (κ2) is 9.73. The van der Waals surface area contributed by atoms with Crippen LogP contribution >= 0.6 is 0 Å². The molecular formula is C24H30N2O5. The van der Waals surface area contributed by atoms with Crippen LogP contribution in [0.15, 0.2) is 42.5 Å². The molecule has 166 valence electrons. The Morgan fingerprint density at radius 2 is 1.65 bits per heavy atom. The number of anilines is 2. The van der Waals surface area contributed by atoms with Gasteiger partial charge < -0.3 is 19.5 Å². The number of methoxy groups -OCH3 is 1. The fourth-order valence-corrected chi connectivity index (χ4v) is 3.40. The number of nitrogens with one attached hydrogen (secondary N) is 2. The molecule has 0 saturated heterocycles. The van der Waals surface area contributed by atoms with Crippen molar-refractivity contribution >= 4 is 23.4 Å². The topological polar surface area (TPSA) is 85.9 Å². The highest BCUT2D eigenvalue weighted by atomic mass is 16.6. The molecule has 7 nitrogen and oxygen atoms in total. The van der Waals surface area contributed by atoms with Crippen molar-refractivity contribution in [2.75, 3.05) is 17.7 Å². The van der Waals surface area contributed by atoms with Gasteiger partial charge in [0.15, 0.2) is 11.5 Å². The van der Waals surface area contributed by atoms with Gasteiger partial charge in [0.05, 0.1) is 13.2 Å². The van der Waals surface area contributed by atoms with E-state index in [-0.39, 0.29) is 12.0 Å². The first kappa shape index (κ1) is 22.5. The minimum Gasteiger partial charge on any atom is -0.493 e. The third kappa shape index (κ3) is 6.64. The highest BCUT2D eigenvalue weighted by Crippen LogP contribution is 2.34. The molecule has 0 unspecified atom stereocenters. The zero-order chi connectivity index (χ0) is 22.4. The molecule has 0 radical (unpaired) electrons. The summed E-state index contributed by atoms with van der Waals surface area (Å²) in [5.74, 6) is 0.950. The largest absolute Gasteiger partial charge is 0.493 e. The summed E-state index contributed by atoms with van der Waals surface area (Å²) in [6.07, 6.45) is 3.98. The highest BCUT2D eigenvalue weighted by molar-refractivity contribution is 6.05. The maximum Gasteiger partial charge on any atom is 0.412 e. The number of hydrogen-bond acceptors (Lipinski definition) is 5. The Kier molecular flexibility index (Phi) is 7.05. The van der Waals surface area contributed by atoms with Crippen molar-refractivity contribution in [3.63, 3.8) is 0 Å². The quantitative estimate of drug-likeness (QED) is 0.626. The SMILES string of the molecule is COc1ccc(NC(=O)c2cccc(NC(=O)OC(C)(C)C)c2)cc1OC1CCCC1. The Morgan fingerprint density at radius 3 is 2.32 bits per heavy atom. The fraction of sp³-hybridized carbons (Fsp3) is 0.417. The summed E-state index contributed by atoms with van der Waals surface area (Å²) in [5, 5.41) is 5.52. The van der Waals surface area contributed by atoms with Crippen LogP contribution in [0.1, 0.15) is 56.8 Å². The molecule has 2 aromatic rings. The Morgan fingerprint density at radius 1 is 0.935 bits per heavy atom. The molecule has 31 heavy (non-hydrogen) atoms. The van der Waals surface area contributed by atoms with E-state index in [4.69, 9.17) is 14.2 Å². The van der Waals surface area contributed by atoms with E-state index in [0.29, 0.717) is 28.4 Å². The van der Waals surface area contributed by atoms with E-state index < -0.39 is 11.7 Å². The summed E-state index contributed by atoms with van der Waals surface area (Å²) >= 11 is 0. The lowest BCUT2D eigenvalue weighted by Gasteiger charge is -2.19. The third-order valence-electron chi connectivity index (χ3n) is 4.79. The average molecular weight is 427 g/mol. The molecule has 7 heteroatoms. The number of benzene rings is 2. The van der Waals surface area contributed by atoms with Gasteiger partial charge in [-0.2, -0.15) is 0 Å². The van der Waals surface area contributed by atoms with Crippen LogP contribution in [-0.2, 0) is 4.74 Å². The summed E-state index contributed by atoms with van der Waals surface area (Å²) in [5.41, 5.74) is 0.875. The lowest BCUT2D eigenvalue weighted by Crippen LogP contribution is -2.27. The molecular weight excluding hydrogens is 396 g/mol. The summed E-state index contributed by atoms with van der Waals surface area (Å²) < 4.78 is 16.7. The van der Waals surface area contributed by atoms with Gasteiger partial charge in [0, 0.05) is 23.0 Å². The monoisotopic (exact) mass is 426 g/mol. The van der Waals surface area contributed by atoms with Crippen LogP contribution in [0.2, 0.25) is 0 Å². The van der Waals surface area contributed by atoms with Gasteiger partial charge in [-0.25, -0.2) is 4.79 Å². The lowest BCUT2D eigenvalue weighted by molar-refractivity contribution is 0.0635. The van der Waals surface area contributed by atoms with Crippen LogP contribution in [-0.4, -0.2) is 30.8 Å². The van der Waals surface area contributed by atoms with E-state index in [2.05, 4.69) is 10.6 Å². The van der Waals surface area contributed by atoms with Crippen LogP contribution in [0.4, 0.5) is 16.2 Å². The Bertz CT molecular complexity index is 930. The molecule has 3 rings (SSSR count). The number of hydrogen-bond donors (Lipinski definition) is 2. The van der Waals surface area contributed by atoms with E-state index in [1.54, 1.807) is 70.3 Å². The summed E-state index contributed by atoms with van der Waals surface area (Å²) in [4.78, 5) is 24.7. The Hall–Kier alpha value is -3.22. The minimum absolute atomic E-state index is 0.176. The Labute approximate surface area is 183 Å². The zero-order valence-electron chi connectivity index (χ0n) is 18.5. The van der Waals surface area contributed by atoms with Crippen molar-refractivity contribution < 1.29 is 23.8 Å². The smallest absolute Gasteiger partial charge is 0.412 e. The first-order valence-corrected chi connectivity index (χ1v) is 10.5. The van der Waals surface area contributed by atoms with Gasteiger partial charge >= 0.3 is 6.09 Å². The molecule has 1 saturated carbocycles. The maximum absolute atomic E-state index is 12.8. The maximum atomic E-state index is 12.8.